The van der Waals surface area contributed by atoms with E-state index in [0.717, 1.165) is 5.56 Å². The number of methoxy groups -OCH3 is 1. The van der Waals surface area contributed by atoms with Gasteiger partial charge >= 0.3 is 0 Å². The van der Waals surface area contributed by atoms with Gasteiger partial charge in [-0.2, -0.15) is 0 Å². The Morgan fingerprint density at radius 2 is 1.87 bits per heavy atom. The van der Waals surface area contributed by atoms with Crippen molar-refractivity contribution in [2.24, 2.45) is 5.73 Å². The molecule has 2 N–H and O–H groups in total. The van der Waals surface area contributed by atoms with E-state index < -0.39 is 0 Å². The maximum absolute atomic E-state index is 5.63. The lowest BCUT2D eigenvalue weighted by Gasteiger charge is -2.13. The Morgan fingerprint density at radius 3 is 2.53 bits per heavy atom. The Balaban J connectivity index is 2.46. The Morgan fingerprint density at radius 1 is 1.13 bits per heavy atom. The molecule has 2 rings (SSSR count). The highest BCUT2D eigenvalue weighted by atomic mass is 16.5. The van der Waals surface area contributed by atoms with Crippen LogP contribution in [0.4, 0.5) is 0 Å². The van der Waals surface area contributed by atoms with E-state index in [2.05, 4.69) is 30.3 Å². The minimum absolute atomic E-state index is 0.00499. The normalized spacial score (nSPS) is 12.9. The molecule has 78 valence electrons. The first-order valence-corrected chi connectivity index (χ1v) is 5.06. The first-order chi connectivity index (χ1) is 7.35. The second-order valence-corrected chi connectivity index (χ2v) is 3.57. The summed E-state index contributed by atoms with van der Waals surface area (Å²) in [5.41, 5.74) is 6.77. The van der Waals surface area contributed by atoms with Crippen molar-refractivity contribution in [2.75, 3.05) is 13.7 Å². The average molecular weight is 201 g/mol. The quantitative estimate of drug-likeness (QED) is 0.828. The standard InChI is InChI=1S/C13H15NO/c1-15-13(9-14)12-7-6-10-4-2-3-5-11(10)8-12/h2-8,13H,9,14H2,1H3/t13-/m0/s1. The molecule has 0 radical (unpaired) electrons. The number of benzene rings is 2. The van der Waals surface area contributed by atoms with Gasteiger partial charge in [-0.1, -0.05) is 36.4 Å². The molecule has 0 aliphatic carbocycles. The molecule has 2 aromatic rings. The highest BCUT2D eigenvalue weighted by Gasteiger charge is 2.07. The SMILES string of the molecule is CO[C@@H](CN)c1ccc2ccccc2c1. The first-order valence-electron chi connectivity index (χ1n) is 5.06. The molecular weight excluding hydrogens is 186 g/mol. The summed E-state index contributed by atoms with van der Waals surface area (Å²) in [4.78, 5) is 0. The Bertz CT molecular complexity index is 449. The predicted octanol–water partition coefficient (Wildman–Crippen LogP) is 2.49. The van der Waals surface area contributed by atoms with E-state index in [9.17, 15) is 0 Å². The van der Waals surface area contributed by atoms with Crippen molar-refractivity contribution < 1.29 is 4.74 Å². The van der Waals surface area contributed by atoms with E-state index in [1.54, 1.807) is 7.11 Å². The molecule has 15 heavy (non-hydrogen) atoms. The summed E-state index contributed by atoms with van der Waals surface area (Å²) in [6.07, 6.45) is -0.00499. The minimum Gasteiger partial charge on any atom is -0.375 e. The van der Waals surface area contributed by atoms with Crippen LogP contribution in [0.1, 0.15) is 11.7 Å². The lowest BCUT2D eigenvalue weighted by Crippen LogP contribution is -2.13. The smallest absolute Gasteiger partial charge is 0.0943 e. The summed E-state index contributed by atoms with van der Waals surface area (Å²) in [5.74, 6) is 0. The van der Waals surface area contributed by atoms with E-state index in [-0.39, 0.29) is 6.10 Å². The van der Waals surface area contributed by atoms with Crippen LogP contribution in [0.5, 0.6) is 0 Å². The van der Waals surface area contributed by atoms with Crippen LogP contribution in [0.3, 0.4) is 0 Å². The molecule has 2 heteroatoms. The fourth-order valence-electron chi connectivity index (χ4n) is 1.78. The van der Waals surface area contributed by atoms with Crippen molar-refractivity contribution in [1.82, 2.24) is 0 Å². The van der Waals surface area contributed by atoms with E-state index >= 15 is 0 Å². The number of rotatable bonds is 3. The third kappa shape index (κ3) is 2.01. The molecular formula is C13H15NO. The molecule has 0 unspecified atom stereocenters. The van der Waals surface area contributed by atoms with Gasteiger partial charge in [-0.3, -0.25) is 0 Å². The van der Waals surface area contributed by atoms with Crippen molar-refractivity contribution in [3.63, 3.8) is 0 Å². The van der Waals surface area contributed by atoms with Crippen molar-refractivity contribution in [3.05, 3.63) is 48.0 Å². The summed E-state index contributed by atoms with van der Waals surface area (Å²) >= 11 is 0. The molecule has 2 nitrogen and oxygen atoms in total. The molecule has 0 aliphatic rings. The third-order valence-corrected chi connectivity index (χ3v) is 2.64. The lowest BCUT2D eigenvalue weighted by atomic mass is 10.0. The minimum atomic E-state index is -0.00499. The van der Waals surface area contributed by atoms with Crippen LogP contribution in [0.2, 0.25) is 0 Å². The monoisotopic (exact) mass is 201 g/mol. The summed E-state index contributed by atoms with van der Waals surface area (Å²) in [6.45, 7) is 0.509. The maximum atomic E-state index is 5.63. The molecule has 0 amide bonds. The molecule has 0 saturated heterocycles. The van der Waals surface area contributed by atoms with Gasteiger partial charge in [0.05, 0.1) is 6.10 Å². The first kappa shape index (κ1) is 10.1. The van der Waals surface area contributed by atoms with Gasteiger partial charge in [0.2, 0.25) is 0 Å². The van der Waals surface area contributed by atoms with Crippen molar-refractivity contribution >= 4 is 10.8 Å². The lowest BCUT2D eigenvalue weighted by molar-refractivity contribution is 0.110. The van der Waals surface area contributed by atoms with Gasteiger partial charge in [0.15, 0.2) is 0 Å². The zero-order valence-electron chi connectivity index (χ0n) is 8.81. The van der Waals surface area contributed by atoms with Crippen LogP contribution in [0.15, 0.2) is 42.5 Å². The van der Waals surface area contributed by atoms with Gasteiger partial charge in [-0.15, -0.1) is 0 Å². The Labute approximate surface area is 89.7 Å². The van der Waals surface area contributed by atoms with Crippen LogP contribution in [-0.4, -0.2) is 13.7 Å². The van der Waals surface area contributed by atoms with Crippen LogP contribution in [0.25, 0.3) is 10.8 Å². The molecule has 1 atom stereocenters. The van der Waals surface area contributed by atoms with Crippen LogP contribution >= 0.6 is 0 Å². The van der Waals surface area contributed by atoms with E-state index in [1.165, 1.54) is 10.8 Å². The summed E-state index contributed by atoms with van der Waals surface area (Å²) in [5, 5.41) is 2.47. The van der Waals surface area contributed by atoms with E-state index in [1.807, 2.05) is 12.1 Å². The second kappa shape index (κ2) is 4.43. The van der Waals surface area contributed by atoms with Crippen LogP contribution in [0, 0.1) is 0 Å². The van der Waals surface area contributed by atoms with Crippen molar-refractivity contribution in [1.29, 1.82) is 0 Å². The van der Waals surface area contributed by atoms with E-state index in [0.29, 0.717) is 6.54 Å². The van der Waals surface area contributed by atoms with Crippen LogP contribution in [-0.2, 0) is 4.74 Å². The van der Waals surface area contributed by atoms with Gasteiger partial charge in [0.25, 0.3) is 0 Å². The largest absolute Gasteiger partial charge is 0.375 e. The summed E-state index contributed by atoms with van der Waals surface area (Å²) in [7, 11) is 1.69. The number of hydrogen-bond acceptors (Lipinski definition) is 2. The van der Waals surface area contributed by atoms with Gasteiger partial charge in [-0.05, 0) is 22.4 Å². The van der Waals surface area contributed by atoms with Gasteiger partial charge < -0.3 is 10.5 Å². The molecule has 0 saturated carbocycles. The Kier molecular flexibility index (Phi) is 2.99. The number of hydrogen-bond donors (Lipinski definition) is 1. The molecule has 0 bridgehead atoms. The molecule has 2 aromatic carbocycles. The maximum Gasteiger partial charge on any atom is 0.0943 e. The predicted molar refractivity (Wildman–Crippen MR) is 62.8 cm³/mol. The molecule has 0 heterocycles. The molecule has 0 fully saturated rings. The summed E-state index contributed by atoms with van der Waals surface area (Å²) in [6, 6.07) is 14.6. The van der Waals surface area contributed by atoms with Crippen LogP contribution < -0.4 is 5.73 Å². The Hall–Kier alpha value is -1.38. The zero-order valence-corrected chi connectivity index (χ0v) is 8.81. The second-order valence-electron chi connectivity index (χ2n) is 3.57. The fraction of sp³-hybridized carbons (Fsp3) is 0.231. The fourth-order valence-corrected chi connectivity index (χ4v) is 1.78. The van der Waals surface area contributed by atoms with Gasteiger partial charge in [0, 0.05) is 13.7 Å². The highest BCUT2D eigenvalue weighted by Crippen LogP contribution is 2.21. The molecule has 0 spiro atoms. The summed E-state index contributed by atoms with van der Waals surface area (Å²) < 4.78 is 5.31. The molecule has 0 aromatic heterocycles. The van der Waals surface area contributed by atoms with Gasteiger partial charge in [0.1, 0.15) is 0 Å². The average Bonchev–Trinajstić information content (AvgIpc) is 2.30. The van der Waals surface area contributed by atoms with Gasteiger partial charge in [-0.25, -0.2) is 0 Å². The molecule has 0 aliphatic heterocycles. The van der Waals surface area contributed by atoms with E-state index in [4.69, 9.17) is 10.5 Å². The highest BCUT2D eigenvalue weighted by molar-refractivity contribution is 5.83. The number of ether oxygens (including phenoxy) is 1. The topological polar surface area (TPSA) is 35.2 Å². The number of nitrogens with two attached hydrogens (primary N) is 1. The zero-order chi connectivity index (χ0) is 10.7. The van der Waals surface area contributed by atoms with Crippen molar-refractivity contribution in [3.8, 4) is 0 Å². The number of fused-ring (bicyclic) bond motifs is 1. The van der Waals surface area contributed by atoms with Crippen molar-refractivity contribution in [2.45, 2.75) is 6.10 Å². The third-order valence-electron chi connectivity index (χ3n) is 2.64.